The van der Waals surface area contributed by atoms with Crippen LogP contribution in [-0.4, -0.2) is 25.0 Å². The Morgan fingerprint density at radius 2 is 1.68 bits per heavy atom. The fourth-order valence-electron chi connectivity index (χ4n) is 3.77. The largest absolute Gasteiger partial charge is 0.457 e. The van der Waals surface area contributed by atoms with Crippen LogP contribution in [0.5, 0.6) is 0 Å². The van der Waals surface area contributed by atoms with Crippen molar-refractivity contribution in [2.24, 2.45) is 5.92 Å². The third kappa shape index (κ3) is 7.64. The maximum atomic E-state index is 12.8. The topological polar surface area (TPSA) is 52.6 Å². The second kappa shape index (κ2) is 12.4. The van der Waals surface area contributed by atoms with Crippen molar-refractivity contribution in [1.29, 1.82) is 0 Å². The highest BCUT2D eigenvalue weighted by molar-refractivity contribution is 6.32. The Hall–Kier alpha value is -2.43. The fraction of sp³-hybridized carbons (Fsp3) is 0.385. The number of hydrogen-bond acceptors (Lipinski definition) is 4. The molecule has 4 nitrogen and oxygen atoms in total. The highest BCUT2D eigenvalue weighted by Gasteiger charge is 2.21. The van der Waals surface area contributed by atoms with Crippen LogP contribution >= 0.6 is 11.6 Å². The summed E-state index contributed by atoms with van der Waals surface area (Å²) in [6, 6.07) is 16.4. The van der Waals surface area contributed by atoms with Gasteiger partial charge < -0.3 is 9.47 Å². The number of rotatable bonds is 10. The third-order valence-electron chi connectivity index (χ3n) is 5.57. The summed E-state index contributed by atoms with van der Waals surface area (Å²) < 4.78 is 11.0. The Morgan fingerprint density at radius 3 is 2.42 bits per heavy atom. The van der Waals surface area contributed by atoms with Gasteiger partial charge >= 0.3 is 5.97 Å². The van der Waals surface area contributed by atoms with Gasteiger partial charge in [-0.2, -0.15) is 0 Å². The first-order chi connectivity index (χ1) is 15.1. The van der Waals surface area contributed by atoms with Gasteiger partial charge in [0.2, 0.25) is 0 Å². The van der Waals surface area contributed by atoms with E-state index in [1.165, 1.54) is 38.2 Å². The second-order valence-electron chi connectivity index (χ2n) is 7.91. The molecule has 0 bridgehead atoms. The Kier molecular flexibility index (Phi) is 9.32. The Morgan fingerprint density at radius 1 is 0.968 bits per heavy atom. The number of carbonyl (C=O) groups excluding carboxylic acids is 2. The van der Waals surface area contributed by atoms with Crippen molar-refractivity contribution >= 4 is 29.4 Å². The molecule has 0 aromatic heterocycles. The molecule has 2 aromatic rings. The quantitative estimate of drug-likeness (QED) is 0.149. The number of carbonyl (C=O) groups is 2. The van der Waals surface area contributed by atoms with E-state index in [4.69, 9.17) is 21.1 Å². The van der Waals surface area contributed by atoms with Gasteiger partial charge in [-0.1, -0.05) is 92.2 Å². The van der Waals surface area contributed by atoms with Crippen LogP contribution in [0.2, 0.25) is 5.02 Å². The molecule has 1 aliphatic carbocycles. The molecule has 0 radical (unpaired) electrons. The third-order valence-corrected chi connectivity index (χ3v) is 5.91. The van der Waals surface area contributed by atoms with E-state index in [-0.39, 0.29) is 18.8 Å². The van der Waals surface area contributed by atoms with Gasteiger partial charge in [0.15, 0.2) is 5.78 Å². The minimum absolute atomic E-state index is 0.0540. The molecule has 0 amide bonds. The lowest BCUT2D eigenvalue weighted by molar-refractivity contribution is -0.142. The van der Waals surface area contributed by atoms with Gasteiger partial charge in [0, 0.05) is 11.6 Å². The molecule has 0 heterocycles. The van der Waals surface area contributed by atoms with Crippen molar-refractivity contribution < 1.29 is 19.1 Å². The number of benzene rings is 2. The van der Waals surface area contributed by atoms with Crippen LogP contribution in [0.1, 0.15) is 49.7 Å². The molecule has 0 unspecified atom stereocenters. The van der Waals surface area contributed by atoms with Crippen molar-refractivity contribution in [2.75, 3.05) is 13.2 Å². The summed E-state index contributed by atoms with van der Waals surface area (Å²) in [7, 11) is 0. The molecule has 1 aliphatic rings. The number of halogens is 1. The van der Waals surface area contributed by atoms with Gasteiger partial charge in [-0.25, -0.2) is 4.79 Å². The molecule has 3 rings (SSSR count). The lowest BCUT2D eigenvalue weighted by atomic mass is 9.87. The molecule has 0 atom stereocenters. The summed E-state index contributed by atoms with van der Waals surface area (Å²) in [5, 5.41) is 0.460. The second-order valence-corrected chi connectivity index (χ2v) is 8.32. The summed E-state index contributed by atoms with van der Waals surface area (Å²) in [4.78, 5) is 25.6. The van der Waals surface area contributed by atoms with Crippen LogP contribution in [0.4, 0.5) is 0 Å². The Balaban J connectivity index is 1.62. The van der Waals surface area contributed by atoms with Gasteiger partial charge in [0.1, 0.15) is 18.8 Å². The van der Waals surface area contributed by atoms with E-state index in [1.807, 2.05) is 30.3 Å². The van der Waals surface area contributed by atoms with Crippen molar-refractivity contribution in [3.63, 3.8) is 0 Å². The first-order valence-corrected chi connectivity index (χ1v) is 11.3. The fourth-order valence-corrected chi connectivity index (χ4v) is 3.96. The van der Waals surface area contributed by atoms with E-state index < -0.39 is 11.8 Å². The molecular formula is C26H29ClO4. The van der Waals surface area contributed by atoms with Crippen LogP contribution in [0, 0.1) is 5.92 Å². The summed E-state index contributed by atoms with van der Waals surface area (Å²) in [6.07, 6.45) is 8.79. The smallest absolute Gasteiger partial charge is 0.342 e. The van der Waals surface area contributed by atoms with Crippen molar-refractivity contribution in [1.82, 2.24) is 0 Å². The van der Waals surface area contributed by atoms with E-state index in [2.05, 4.69) is 0 Å². The van der Waals surface area contributed by atoms with Crippen LogP contribution in [-0.2, 0) is 25.7 Å². The number of Topliss-reactive ketones (excluding diaryl/α,β-unsaturated/α-hetero) is 1. The van der Waals surface area contributed by atoms with Crippen LogP contribution in [0.3, 0.4) is 0 Å². The zero-order valence-corrected chi connectivity index (χ0v) is 18.5. The Bertz CT molecular complexity index is 885. The van der Waals surface area contributed by atoms with Crippen LogP contribution in [0.15, 0.2) is 60.2 Å². The molecule has 0 saturated heterocycles. The first-order valence-electron chi connectivity index (χ1n) is 10.9. The first kappa shape index (κ1) is 23.2. The van der Waals surface area contributed by atoms with E-state index in [9.17, 15) is 9.59 Å². The van der Waals surface area contributed by atoms with Gasteiger partial charge in [-0.15, -0.1) is 0 Å². The van der Waals surface area contributed by atoms with Gasteiger partial charge in [0.05, 0.1) is 0 Å². The van der Waals surface area contributed by atoms with E-state index in [0.29, 0.717) is 23.1 Å². The molecule has 5 heteroatoms. The molecule has 0 spiro atoms. The van der Waals surface area contributed by atoms with Crippen molar-refractivity contribution in [3.05, 3.63) is 76.3 Å². The molecule has 0 N–H and O–H groups in total. The zero-order valence-electron chi connectivity index (χ0n) is 17.7. The molecule has 31 heavy (non-hydrogen) atoms. The molecule has 1 fully saturated rings. The monoisotopic (exact) mass is 440 g/mol. The maximum Gasteiger partial charge on any atom is 0.342 e. The number of ketones is 1. The number of ether oxygens (including phenoxy) is 2. The molecule has 1 saturated carbocycles. The summed E-state index contributed by atoms with van der Waals surface area (Å²) in [5.74, 6) is -0.399. The molecular weight excluding hydrogens is 412 g/mol. The van der Waals surface area contributed by atoms with E-state index in [1.54, 1.807) is 24.3 Å². The van der Waals surface area contributed by atoms with Gasteiger partial charge in [-0.05, 0) is 35.6 Å². The van der Waals surface area contributed by atoms with Crippen LogP contribution < -0.4 is 0 Å². The van der Waals surface area contributed by atoms with Crippen molar-refractivity contribution in [2.45, 2.75) is 45.1 Å². The average molecular weight is 441 g/mol. The van der Waals surface area contributed by atoms with E-state index in [0.717, 1.165) is 12.0 Å². The molecule has 0 aliphatic heterocycles. The SMILES string of the molecule is O=C(COCCC1CCCCC1)/C(=C\c1ccccc1Cl)C(=O)OCc1ccccc1. The molecule has 164 valence electrons. The lowest BCUT2D eigenvalue weighted by Gasteiger charge is -2.21. The standard InChI is InChI=1S/C26H29ClO4/c27-24-14-8-7-13-22(24)17-23(26(29)31-18-21-11-5-2-6-12-21)25(28)19-30-16-15-20-9-3-1-4-10-20/h2,5-8,11-14,17,20H,1,3-4,9-10,15-16,18-19H2/b23-17+. The predicted molar refractivity (Wildman–Crippen MR) is 123 cm³/mol. The van der Waals surface area contributed by atoms with Crippen LogP contribution in [0.25, 0.3) is 6.08 Å². The predicted octanol–water partition coefficient (Wildman–Crippen LogP) is 6.02. The van der Waals surface area contributed by atoms with Gasteiger partial charge in [0.25, 0.3) is 0 Å². The normalized spacial score (nSPS) is 14.9. The minimum atomic E-state index is -0.676. The highest BCUT2D eigenvalue weighted by atomic mass is 35.5. The maximum absolute atomic E-state index is 12.8. The average Bonchev–Trinajstić information content (AvgIpc) is 2.81. The summed E-state index contributed by atoms with van der Waals surface area (Å²) >= 11 is 6.22. The zero-order chi connectivity index (χ0) is 21.9. The van der Waals surface area contributed by atoms with E-state index >= 15 is 0 Å². The van der Waals surface area contributed by atoms with Crippen molar-refractivity contribution in [3.8, 4) is 0 Å². The van der Waals surface area contributed by atoms with Gasteiger partial charge in [-0.3, -0.25) is 4.79 Å². The number of esters is 1. The minimum Gasteiger partial charge on any atom is -0.457 e. The Labute approximate surface area is 189 Å². The lowest BCUT2D eigenvalue weighted by Crippen LogP contribution is -2.21. The summed E-state index contributed by atoms with van der Waals surface area (Å²) in [5.41, 5.74) is 1.39. The molecule has 2 aromatic carbocycles. The highest BCUT2D eigenvalue weighted by Crippen LogP contribution is 2.26. The number of hydrogen-bond donors (Lipinski definition) is 0. The summed E-state index contributed by atoms with van der Waals surface area (Å²) in [6.45, 7) is 0.466.